The Hall–Kier alpha value is -0.850. The van der Waals surface area contributed by atoms with Gasteiger partial charge in [0.05, 0.1) is 99.1 Å². The first-order valence-corrected chi connectivity index (χ1v) is 15.6. The lowest BCUT2D eigenvalue weighted by Crippen LogP contribution is -2.15. The van der Waals surface area contributed by atoms with Crippen LogP contribution in [0.25, 0.3) is 0 Å². The lowest BCUT2D eigenvalue weighted by Gasteiger charge is -2.09. The second-order valence-electron chi connectivity index (χ2n) is 9.34. The van der Waals surface area contributed by atoms with Gasteiger partial charge < -0.3 is 42.6 Å². The molecule has 0 fully saturated rings. The van der Waals surface area contributed by atoms with Gasteiger partial charge in [0.1, 0.15) is 6.61 Å². The maximum absolute atomic E-state index is 11.7. The van der Waals surface area contributed by atoms with Crippen molar-refractivity contribution in [2.75, 3.05) is 112 Å². The molecule has 0 amide bonds. The number of ether oxygens (including phenoxy) is 9. The summed E-state index contributed by atoms with van der Waals surface area (Å²) in [5.41, 5.74) is 0. The number of rotatable bonds is 35. The van der Waals surface area contributed by atoms with Crippen molar-refractivity contribution in [2.45, 2.75) is 78.1 Å². The fraction of sp³-hybridized carbons (Fsp3) is 0.967. The Kier molecular flexibility index (Phi) is 35.4. The molecule has 0 unspecified atom stereocenters. The molecule has 0 bridgehead atoms. The highest BCUT2D eigenvalue weighted by Gasteiger charge is 2.02. The van der Waals surface area contributed by atoms with Gasteiger partial charge in [0.2, 0.25) is 0 Å². The maximum Gasteiger partial charge on any atom is 0.305 e. The molecule has 0 N–H and O–H groups in total. The fourth-order valence-corrected chi connectivity index (χ4v) is 3.40. The molecule has 0 aliphatic carbocycles. The van der Waals surface area contributed by atoms with E-state index in [4.69, 9.17) is 42.6 Å². The predicted octanol–water partition coefficient (Wildman–Crippen LogP) is 4.60. The summed E-state index contributed by atoms with van der Waals surface area (Å²) in [6, 6.07) is 0. The van der Waals surface area contributed by atoms with Gasteiger partial charge in [0.15, 0.2) is 0 Å². The van der Waals surface area contributed by atoms with E-state index in [2.05, 4.69) is 13.8 Å². The molecular formula is C30H60O10. The van der Waals surface area contributed by atoms with E-state index in [1.54, 1.807) is 0 Å². The third-order valence-corrected chi connectivity index (χ3v) is 5.72. The van der Waals surface area contributed by atoms with E-state index in [0.29, 0.717) is 112 Å². The van der Waals surface area contributed by atoms with Crippen LogP contribution in [-0.4, -0.2) is 118 Å². The van der Waals surface area contributed by atoms with Crippen LogP contribution in [0.2, 0.25) is 0 Å². The first kappa shape index (κ1) is 39.1. The van der Waals surface area contributed by atoms with E-state index in [-0.39, 0.29) is 5.97 Å². The van der Waals surface area contributed by atoms with E-state index >= 15 is 0 Å². The molecular weight excluding hydrogens is 520 g/mol. The van der Waals surface area contributed by atoms with Crippen LogP contribution in [0, 0.1) is 0 Å². The van der Waals surface area contributed by atoms with Crippen LogP contribution >= 0.6 is 0 Å². The normalized spacial score (nSPS) is 11.3. The monoisotopic (exact) mass is 580 g/mol. The molecule has 0 aromatic carbocycles. The number of carbonyl (C=O) groups is 1. The molecule has 0 saturated carbocycles. The number of esters is 1. The van der Waals surface area contributed by atoms with Crippen LogP contribution in [0.3, 0.4) is 0 Å². The minimum absolute atomic E-state index is 0.135. The zero-order valence-electron chi connectivity index (χ0n) is 25.7. The molecule has 0 aliphatic rings. The summed E-state index contributed by atoms with van der Waals surface area (Å²) in [6.45, 7) is 13.3. The van der Waals surface area contributed by atoms with E-state index in [0.717, 1.165) is 32.3 Å². The van der Waals surface area contributed by atoms with Crippen molar-refractivity contribution in [2.24, 2.45) is 0 Å². The summed E-state index contributed by atoms with van der Waals surface area (Å²) >= 11 is 0. The van der Waals surface area contributed by atoms with Gasteiger partial charge >= 0.3 is 5.97 Å². The largest absolute Gasteiger partial charge is 0.463 e. The standard InChI is InChI=1S/C30H60O10/c1-3-5-7-8-9-10-11-12-30(31)40-29-28-39-27-26-38-25-24-37-23-22-36-21-20-35-19-18-34-17-16-33-15-14-32-13-6-4-2/h3-29H2,1-2H3. The quantitative estimate of drug-likeness (QED) is 0.0781. The topological polar surface area (TPSA) is 100 Å². The first-order valence-electron chi connectivity index (χ1n) is 15.6. The zero-order chi connectivity index (χ0) is 29.0. The van der Waals surface area contributed by atoms with Gasteiger partial charge in [-0.1, -0.05) is 58.8 Å². The van der Waals surface area contributed by atoms with Crippen molar-refractivity contribution in [3.63, 3.8) is 0 Å². The SMILES string of the molecule is CCCCCCCCCC(=O)OCCOCCOCCOCCOCCOCCOCCOCCOCCCC. The summed E-state index contributed by atoms with van der Waals surface area (Å²) in [7, 11) is 0. The molecule has 40 heavy (non-hydrogen) atoms. The van der Waals surface area contributed by atoms with Gasteiger partial charge in [-0.05, 0) is 12.8 Å². The predicted molar refractivity (Wildman–Crippen MR) is 155 cm³/mol. The molecule has 0 aromatic rings. The fourth-order valence-electron chi connectivity index (χ4n) is 3.40. The minimum atomic E-state index is -0.135. The lowest BCUT2D eigenvalue weighted by atomic mass is 10.1. The molecule has 0 atom stereocenters. The molecule has 0 aromatic heterocycles. The Bertz CT molecular complexity index is 481. The lowest BCUT2D eigenvalue weighted by molar-refractivity contribution is -0.145. The van der Waals surface area contributed by atoms with E-state index < -0.39 is 0 Å². The van der Waals surface area contributed by atoms with Crippen LogP contribution in [0.4, 0.5) is 0 Å². The summed E-state index contributed by atoms with van der Waals surface area (Å²) < 4.78 is 48.7. The molecule has 240 valence electrons. The number of hydrogen-bond donors (Lipinski definition) is 0. The minimum Gasteiger partial charge on any atom is -0.463 e. The van der Waals surface area contributed by atoms with Crippen molar-refractivity contribution < 1.29 is 47.4 Å². The van der Waals surface area contributed by atoms with E-state index in [1.165, 1.54) is 32.1 Å². The Labute approximate surface area is 244 Å². The number of unbranched alkanes of at least 4 members (excludes halogenated alkanes) is 7. The Morgan fingerprint density at radius 2 is 0.650 bits per heavy atom. The van der Waals surface area contributed by atoms with Gasteiger partial charge in [0, 0.05) is 13.0 Å². The van der Waals surface area contributed by atoms with Crippen LogP contribution in [0.15, 0.2) is 0 Å². The highest BCUT2D eigenvalue weighted by Crippen LogP contribution is 2.08. The summed E-state index contributed by atoms with van der Waals surface area (Å²) in [5, 5.41) is 0. The van der Waals surface area contributed by atoms with Gasteiger partial charge in [-0.3, -0.25) is 4.79 Å². The molecule has 0 spiro atoms. The smallest absolute Gasteiger partial charge is 0.305 e. The Morgan fingerprint density at radius 3 is 1.02 bits per heavy atom. The van der Waals surface area contributed by atoms with E-state index in [9.17, 15) is 4.79 Å². The molecule has 0 heterocycles. The van der Waals surface area contributed by atoms with Crippen molar-refractivity contribution in [3.05, 3.63) is 0 Å². The summed E-state index contributed by atoms with van der Waals surface area (Å²) in [5.74, 6) is -0.135. The molecule has 0 aliphatic heterocycles. The molecule has 0 saturated heterocycles. The Balaban J connectivity index is 3.09. The second kappa shape index (κ2) is 36.2. The van der Waals surface area contributed by atoms with Crippen LogP contribution in [0.5, 0.6) is 0 Å². The highest BCUT2D eigenvalue weighted by molar-refractivity contribution is 5.69. The van der Waals surface area contributed by atoms with Gasteiger partial charge in [-0.15, -0.1) is 0 Å². The third kappa shape index (κ3) is 35.2. The van der Waals surface area contributed by atoms with Crippen molar-refractivity contribution in [1.82, 2.24) is 0 Å². The van der Waals surface area contributed by atoms with Crippen molar-refractivity contribution in [1.29, 1.82) is 0 Å². The van der Waals surface area contributed by atoms with Crippen molar-refractivity contribution >= 4 is 5.97 Å². The van der Waals surface area contributed by atoms with Crippen LogP contribution in [0.1, 0.15) is 78.1 Å². The van der Waals surface area contributed by atoms with E-state index in [1.807, 2.05) is 0 Å². The van der Waals surface area contributed by atoms with Gasteiger partial charge in [-0.2, -0.15) is 0 Å². The van der Waals surface area contributed by atoms with Gasteiger partial charge in [-0.25, -0.2) is 0 Å². The molecule has 10 nitrogen and oxygen atoms in total. The average Bonchev–Trinajstić information content (AvgIpc) is 2.96. The second-order valence-corrected chi connectivity index (χ2v) is 9.34. The first-order chi connectivity index (χ1) is 19.8. The molecule has 0 radical (unpaired) electrons. The number of hydrogen-bond acceptors (Lipinski definition) is 10. The third-order valence-electron chi connectivity index (χ3n) is 5.72. The van der Waals surface area contributed by atoms with Crippen LogP contribution < -0.4 is 0 Å². The van der Waals surface area contributed by atoms with Crippen LogP contribution in [-0.2, 0) is 47.4 Å². The molecule has 10 heteroatoms. The molecule has 0 rings (SSSR count). The average molecular weight is 581 g/mol. The summed E-state index contributed by atoms with van der Waals surface area (Å²) in [4.78, 5) is 11.7. The highest BCUT2D eigenvalue weighted by atomic mass is 16.6. The van der Waals surface area contributed by atoms with Crippen molar-refractivity contribution in [3.8, 4) is 0 Å². The zero-order valence-corrected chi connectivity index (χ0v) is 25.7. The van der Waals surface area contributed by atoms with Gasteiger partial charge in [0.25, 0.3) is 0 Å². The summed E-state index contributed by atoms with van der Waals surface area (Å²) in [6.07, 6.45) is 11.1. The number of carbonyl (C=O) groups excluding carboxylic acids is 1. The Morgan fingerprint density at radius 1 is 0.350 bits per heavy atom. The maximum atomic E-state index is 11.7.